The highest BCUT2D eigenvalue weighted by atomic mass is 32.2. The predicted octanol–water partition coefficient (Wildman–Crippen LogP) is 3.34. The van der Waals surface area contributed by atoms with Crippen molar-refractivity contribution in [2.75, 3.05) is 18.8 Å². The standard InChI is InChI=1S/C24H27FN4O3S/c1-2-33(31,32)29-12-6-8-19(17-29)24(30)27-26-14-20-16-28(23-11-4-3-10-22(20)23)15-18-7-5-9-21(25)13-18/h3-5,7,9-11,13-14,16,19H,2,6,8,12,15,17H2,1H3,(H,27,30)/b26-14+. The van der Waals surface area contributed by atoms with E-state index < -0.39 is 15.9 Å². The molecule has 0 bridgehead atoms. The minimum absolute atomic E-state index is 0.0270. The fourth-order valence-corrected chi connectivity index (χ4v) is 5.37. The number of carbonyl (C=O) groups excluding carboxylic acids is 1. The number of amides is 1. The summed E-state index contributed by atoms with van der Waals surface area (Å²) in [5.74, 6) is -0.960. The lowest BCUT2D eigenvalue weighted by Gasteiger charge is -2.30. The summed E-state index contributed by atoms with van der Waals surface area (Å²) in [5.41, 5.74) is 5.21. The number of nitrogens with zero attached hydrogens (tertiary/aromatic N) is 3. The molecular weight excluding hydrogens is 443 g/mol. The van der Waals surface area contributed by atoms with Gasteiger partial charge in [-0.15, -0.1) is 0 Å². The number of sulfonamides is 1. The topological polar surface area (TPSA) is 83.8 Å². The third-order valence-electron chi connectivity index (χ3n) is 5.95. The Morgan fingerprint density at radius 3 is 2.85 bits per heavy atom. The molecule has 0 radical (unpaired) electrons. The first-order chi connectivity index (χ1) is 15.9. The normalized spacial score (nSPS) is 17.6. The van der Waals surface area contributed by atoms with Crippen molar-refractivity contribution in [3.05, 3.63) is 71.7 Å². The van der Waals surface area contributed by atoms with Crippen molar-refractivity contribution < 1.29 is 17.6 Å². The van der Waals surface area contributed by atoms with E-state index in [2.05, 4.69) is 10.5 Å². The van der Waals surface area contributed by atoms with E-state index in [4.69, 9.17) is 0 Å². The van der Waals surface area contributed by atoms with E-state index in [1.807, 2.05) is 41.1 Å². The molecule has 4 rings (SSSR count). The summed E-state index contributed by atoms with van der Waals surface area (Å²) in [6.45, 7) is 2.74. The summed E-state index contributed by atoms with van der Waals surface area (Å²) in [6.07, 6.45) is 4.78. The van der Waals surface area contributed by atoms with Crippen LogP contribution in [0.3, 0.4) is 0 Å². The van der Waals surface area contributed by atoms with Crippen LogP contribution in [0.1, 0.15) is 30.9 Å². The number of carbonyl (C=O) groups is 1. The van der Waals surface area contributed by atoms with Crippen molar-refractivity contribution in [3.8, 4) is 0 Å². The molecule has 1 aliphatic rings. The van der Waals surface area contributed by atoms with Crippen LogP contribution in [-0.2, 0) is 21.4 Å². The van der Waals surface area contributed by atoms with Gasteiger partial charge in [0.15, 0.2) is 0 Å². The van der Waals surface area contributed by atoms with E-state index in [1.54, 1.807) is 19.2 Å². The molecule has 1 aliphatic heterocycles. The predicted molar refractivity (Wildman–Crippen MR) is 127 cm³/mol. The number of halogens is 1. The van der Waals surface area contributed by atoms with Gasteiger partial charge in [-0.1, -0.05) is 30.3 Å². The Balaban J connectivity index is 1.47. The van der Waals surface area contributed by atoms with Gasteiger partial charge in [-0.05, 0) is 43.5 Å². The summed E-state index contributed by atoms with van der Waals surface area (Å²) < 4.78 is 41.3. The van der Waals surface area contributed by atoms with E-state index >= 15 is 0 Å². The molecule has 1 saturated heterocycles. The molecule has 3 aromatic rings. The van der Waals surface area contributed by atoms with Gasteiger partial charge in [-0.25, -0.2) is 22.5 Å². The zero-order chi connectivity index (χ0) is 23.4. The largest absolute Gasteiger partial charge is 0.342 e. The van der Waals surface area contributed by atoms with Crippen LogP contribution in [0.5, 0.6) is 0 Å². The molecule has 1 N–H and O–H groups in total. The number of aromatic nitrogens is 1. The third-order valence-corrected chi connectivity index (χ3v) is 7.80. The molecule has 1 aromatic heterocycles. The van der Waals surface area contributed by atoms with Crippen molar-refractivity contribution >= 4 is 33.0 Å². The number of hydrogen-bond donors (Lipinski definition) is 1. The fourth-order valence-electron chi connectivity index (χ4n) is 4.19. The highest BCUT2D eigenvalue weighted by Gasteiger charge is 2.31. The van der Waals surface area contributed by atoms with Crippen molar-refractivity contribution in [3.63, 3.8) is 0 Å². The molecule has 1 atom stereocenters. The van der Waals surface area contributed by atoms with E-state index in [0.29, 0.717) is 25.9 Å². The van der Waals surface area contributed by atoms with Crippen LogP contribution in [-0.4, -0.2) is 48.3 Å². The number of rotatable bonds is 7. The second kappa shape index (κ2) is 9.84. The highest BCUT2D eigenvalue weighted by molar-refractivity contribution is 7.89. The second-order valence-electron chi connectivity index (χ2n) is 8.19. The van der Waals surface area contributed by atoms with Crippen molar-refractivity contribution in [1.29, 1.82) is 0 Å². The number of benzene rings is 2. The molecule has 0 spiro atoms. The van der Waals surface area contributed by atoms with E-state index in [1.165, 1.54) is 16.4 Å². The van der Waals surface area contributed by atoms with Gasteiger partial charge in [-0.2, -0.15) is 5.10 Å². The molecule has 33 heavy (non-hydrogen) atoms. The molecule has 9 heteroatoms. The Morgan fingerprint density at radius 1 is 1.24 bits per heavy atom. The molecule has 1 unspecified atom stereocenters. The summed E-state index contributed by atoms with van der Waals surface area (Å²) in [7, 11) is -3.31. The quantitative estimate of drug-likeness (QED) is 0.425. The molecule has 1 fully saturated rings. The molecule has 174 valence electrons. The van der Waals surface area contributed by atoms with Crippen LogP contribution in [0.4, 0.5) is 4.39 Å². The molecule has 2 aromatic carbocycles. The van der Waals surface area contributed by atoms with Gasteiger partial charge in [0.25, 0.3) is 0 Å². The van der Waals surface area contributed by atoms with E-state index in [9.17, 15) is 17.6 Å². The monoisotopic (exact) mass is 470 g/mol. The van der Waals surface area contributed by atoms with Crippen LogP contribution in [0.25, 0.3) is 10.9 Å². The summed E-state index contributed by atoms with van der Waals surface area (Å²) in [6, 6.07) is 14.3. The average Bonchev–Trinajstić information content (AvgIpc) is 3.16. The van der Waals surface area contributed by atoms with Gasteiger partial charge >= 0.3 is 0 Å². The maximum atomic E-state index is 13.6. The maximum absolute atomic E-state index is 13.6. The Kier molecular flexibility index (Phi) is 6.90. The zero-order valence-corrected chi connectivity index (χ0v) is 19.3. The number of hydrazone groups is 1. The molecular formula is C24H27FN4O3S. The van der Waals surface area contributed by atoms with E-state index in [0.717, 1.165) is 22.0 Å². The lowest BCUT2D eigenvalue weighted by molar-refractivity contribution is -0.126. The smallest absolute Gasteiger partial charge is 0.244 e. The third kappa shape index (κ3) is 5.31. The second-order valence-corrected chi connectivity index (χ2v) is 10.4. The minimum Gasteiger partial charge on any atom is -0.342 e. The van der Waals surface area contributed by atoms with Gasteiger partial charge < -0.3 is 4.57 Å². The lowest BCUT2D eigenvalue weighted by Crippen LogP contribution is -2.45. The Labute approximate surface area is 192 Å². The zero-order valence-electron chi connectivity index (χ0n) is 18.4. The molecule has 0 aliphatic carbocycles. The minimum atomic E-state index is -3.31. The SMILES string of the molecule is CCS(=O)(=O)N1CCCC(C(=O)N/N=C/c2cn(Cc3cccc(F)c3)c3ccccc23)C1. The Bertz CT molecular complexity index is 1290. The van der Waals surface area contributed by atoms with Gasteiger partial charge in [0.05, 0.1) is 17.9 Å². The van der Waals surface area contributed by atoms with Crippen LogP contribution < -0.4 is 5.43 Å². The maximum Gasteiger partial charge on any atom is 0.244 e. The molecule has 2 heterocycles. The van der Waals surface area contributed by atoms with Gasteiger partial charge in [-0.3, -0.25) is 4.79 Å². The number of para-hydroxylation sites is 1. The number of hydrogen-bond acceptors (Lipinski definition) is 4. The first-order valence-electron chi connectivity index (χ1n) is 11.0. The van der Waals surface area contributed by atoms with Crippen molar-refractivity contribution in [2.45, 2.75) is 26.3 Å². The highest BCUT2D eigenvalue weighted by Crippen LogP contribution is 2.22. The van der Waals surface area contributed by atoms with Gasteiger partial charge in [0.1, 0.15) is 5.82 Å². The van der Waals surface area contributed by atoms with Gasteiger partial charge in [0, 0.05) is 42.3 Å². The Morgan fingerprint density at radius 2 is 2.06 bits per heavy atom. The molecule has 7 nitrogen and oxygen atoms in total. The summed E-state index contributed by atoms with van der Waals surface area (Å²) >= 11 is 0. The van der Waals surface area contributed by atoms with Crippen LogP contribution in [0.15, 0.2) is 59.8 Å². The summed E-state index contributed by atoms with van der Waals surface area (Å²) in [4.78, 5) is 12.6. The van der Waals surface area contributed by atoms with Crippen LogP contribution in [0.2, 0.25) is 0 Å². The number of piperidine rings is 1. The molecule has 1 amide bonds. The van der Waals surface area contributed by atoms with E-state index in [-0.39, 0.29) is 24.0 Å². The average molecular weight is 471 g/mol. The lowest BCUT2D eigenvalue weighted by atomic mass is 9.99. The first kappa shape index (κ1) is 23.1. The Hall–Kier alpha value is -3.04. The molecule has 0 saturated carbocycles. The first-order valence-corrected chi connectivity index (χ1v) is 12.6. The van der Waals surface area contributed by atoms with Crippen molar-refractivity contribution in [2.24, 2.45) is 11.0 Å². The summed E-state index contributed by atoms with van der Waals surface area (Å²) in [5, 5.41) is 5.11. The van der Waals surface area contributed by atoms with Crippen LogP contribution >= 0.6 is 0 Å². The number of fused-ring (bicyclic) bond motifs is 1. The van der Waals surface area contributed by atoms with Crippen LogP contribution in [0, 0.1) is 11.7 Å². The van der Waals surface area contributed by atoms with Gasteiger partial charge in [0.2, 0.25) is 15.9 Å². The van der Waals surface area contributed by atoms with Crippen molar-refractivity contribution in [1.82, 2.24) is 14.3 Å². The fraction of sp³-hybridized carbons (Fsp3) is 0.333. The number of nitrogens with one attached hydrogen (secondary N) is 1.